The minimum atomic E-state index is -1.50. The molecule has 1 aromatic rings. The fraction of sp³-hybridized carbons (Fsp3) is 0.632. The van der Waals surface area contributed by atoms with E-state index in [1.165, 1.54) is 0 Å². The second kappa shape index (κ2) is 5.91. The smallest absolute Gasteiger partial charge is 0.343 e. The van der Waals surface area contributed by atoms with E-state index >= 15 is 0 Å². The maximum Gasteiger partial charge on any atom is 0.343 e. The van der Waals surface area contributed by atoms with E-state index in [1.54, 1.807) is 0 Å². The Bertz CT molecular complexity index is 549. The van der Waals surface area contributed by atoms with Crippen LogP contribution in [-0.4, -0.2) is 29.8 Å². The number of esters is 1. The summed E-state index contributed by atoms with van der Waals surface area (Å²) in [5.41, 5.74) is -0.824. The molecular weight excluding hydrogens is 290 g/mol. The molecule has 4 unspecified atom stereocenters. The van der Waals surface area contributed by atoms with Crippen LogP contribution in [0.2, 0.25) is 0 Å². The highest BCUT2D eigenvalue weighted by molar-refractivity contribution is 5.82. The SMILES string of the molecule is O=C(OC1C2CCC1NC2)C(O)(c1ccccc1)C1CCCC1. The quantitative estimate of drug-likeness (QED) is 0.838. The summed E-state index contributed by atoms with van der Waals surface area (Å²) in [4.78, 5) is 13.0. The summed E-state index contributed by atoms with van der Waals surface area (Å²) in [5, 5.41) is 14.8. The maximum absolute atomic E-state index is 13.0. The molecular formula is C19H25NO3. The summed E-state index contributed by atoms with van der Waals surface area (Å²) in [5.74, 6) is -0.0711. The first-order valence-corrected chi connectivity index (χ1v) is 8.92. The number of piperidine rings is 1. The first-order valence-electron chi connectivity index (χ1n) is 8.92. The van der Waals surface area contributed by atoms with Crippen LogP contribution in [0.15, 0.2) is 30.3 Å². The van der Waals surface area contributed by atoms with Gasteiger partial charge in [-0.05, 0) is 31.2 Å². The molecule has 1 aromatic carbocycles. The molecule has 1 aliphatic heterocycles. The van der Waals surface area contributed by atoms with Crippen molar-refractivity contribution in [2.75, 3.05) is 6.54 Å². The molecule has 0 radical (unpaired) electrons. The fourth-order valence-corrected chi connectivity index (χ4v) is 4.74. The number of benzene rings is 1. The minimum Gasteiger partial charge on any atom is -0.458 e. The fourth-order valence-electron chi connectivity index (χ4n) is 4.74. The number of carbonyl (C=O) groups excluding carboxylic acids is 1. The second-order valence-electron chi connectivity index (χ2n) is 7.34. The number of carbonyl (C=O) groups is 1. The molecule has 124 valence electrons. The third kappa shape index (κ3) is 2.48. The summed E-state index contributed by atoms with van der Waals surface area (Å²) in [6.45, 7) is 0.926. The Hall–Kier alpha value is -1.39. The van der Waals surface area contributed by atoms with Gasteiger partial charge in [0, 0.05) is 24.4 Å². The molecule has 1 saturated heterocycles. The van der Waals surface area contributed by atoms with Crippen LogP contribution in [0.5, 0.6) is 0 Å². The van der Waals surface area contributed by atoms with Gasteiger partial charge in [-0.1, -0.05) is 43.2 Å². The zero-order valence-electron chi connectivity index (χ0n) is 13.4. The van der Waals surface area contributed by atoms with Crippen LogP contribution in [0.1, 0.15) is 44.1 Å². The summed E-state index contributed by atoms with van der Waals surface area (Å²) in [6, 6.07) is 9.63. The largest absolute Gasteiger partial charge is 0.458 e. The van der Waals surface area contributed by atoms with Crippen molar-refractivity contribution in [2.24, 2.45) is 11.8 Å². The lowest BCUT2D eigenvalue weighted by Gasteiger charge is -2.33. The van der Waals surface area contributed by atoms with Gasteiger partial charge in [0.1, 0.15) is 6.10 Å². The molecule has 3 fully saturated rings. The first-order chi connectivity index (χ1) is 11.2. The van der Waals surface area contributed by atoms with Crippen molar-refractivity contribution >= 4 is 5.97 Å². The van der Waals surface area contributed by atoms with E-state index in [2.05, 4.69) is 5.32 Å². The van der Waals surface area contributed by atoms with E-state index in [9.17, 15) is 9.90 Å². The van der Waals surface area contributed by atoms with Crippen LogP contribution < -0.4 is 5.32 Å². The number of hydrogen-bond donors (Lipinski definition) is 2. The molecule has 4 nitrogen and oxygen atoms in total. The standard InChI is InChI=1S/C19H25NO3/c21-18(23-17-13-10-11-16(17)20-12-13)19(22,15-8-4-5-9-15)14-6-2-1-3-7-14/h1-3,6-7,13,15-17,20,22H,4-5,8-12H2. The van der Waals surface area contributed by atoms with Gasteiger partial charge < -0.3 is 15.2 Å². The molecule has 4 rings (SSSR count). The van der Waals surface area contributed by atoms with Crippen LogP contribution in [0.4, 0.5) is 0 Å². The van der Waals surface area contributed by atoms with Gasteiger partial charge in [-0.25, -0.2) is 4.79 Å². The van der Waals surface area contributed by atoms with Crippen molar-refractivity contribution in [1.29, 1.82) is 0 Å². The Kier molecular flexibility index (Phi) is 3.90. The maximum atomic E-state index is 13.0. The van der Waals surface area contributed by atoms with Crippen molar-refractivity contribution in [2.45, 2.75) is 56.3 Å². The number of aliphatic hydroxyl groups is 1. The highest BCUT2D eigenvalue weighted by atomic mass is 16.6. The van der Waals surface area contributed by atoms with Crippen molar-refractivity contribution in [3.63, 3.8) is 0 Å². The average Bonchev–Trinajstić information content (AvgIpc) is 3.33. The molecule has 3 aliphatic rings. The zero-order valence-corrected chi connectivity index (χ0v) is 13.4. The topological polar surface area (TPSA) is 58.6 Å². The number of rotatable bonds is 4. The average molecular weight is 315 g/mol. The summed E-state index contributed by atoms with van der Waals surface area (Å²) < 4.78 is 5.88. The van der Waals surface area contributed by atoms with Crippen LogP contribution in [-0.2, 0) is 15.1 Å². The van der Waals surface area contributed by atoms with Gasteiger partial charge in [0.25, 0.3) is 0 Å². The molecule has 4 heteroatoms. The highest BCUT2D eigenvalue weighted by Crippen LogP contribution is 2.43. The Balaban J connectivity index is 1.61. The van der Waals surface area contributed by atoms with Gasteiger partial charge in [0.15, 0.2) is 5.60 Å². The van der Waals surface area contributed by atoms with E-state index < -0.39 is 11.6 Å². The highest BCUT2D eigenvalue weighted by Gasteiger charge is 2.51. The second-order valence-corrected chi connectivity index (χ2v) is 7.34. The van der Waals surface area contributed by atoms with Crippen LogP contribution in [0.3, 0.4) is 0 Å². The van der Waals surface area contributed by atoms with Gasteiger partial charge in [0.05, 0.1) is 0 Å². The van der Waals surface area contributed by atoms with E-state index in [1.807, 2.05) is 30.3 Å². The molecule has 1 heterocycles. The Labute approximate surface area is 137 Å². The molecule has 2 saturated carbocycles. The Morgan fingerprint density at radius 1 is 1.13 bits per heavy atom. The molecule has 2 aliphatic carbocycles. The summed E-state index contributed by atoms with van der Waals surface area (Å²) in [7, 11) is 0. The monoisotopic (exact) mass is 315 g/mol. The van der Waals surface area contributed by atoms with Crippen molar-refractivity contribution < 1.29 is 14.6 Å². The molecule has 2 N–H and O–H groups in total. The number of nitrogens with one attached hydrogen (secondary N) is 1. The predicted octanol–water partition coefficient (Wildman–Crippen LogP) is 2.36. The van der Waals surface area contributed by atoms with Crippen LogP contribution in [0.25, 0.3) is 0 Å². The van der Waals surface area contributed by atoms with Crippen LogP contribution >= 0.6 is 0 Å². The van der Waals surface area contributed by atoms with Crippen LogP contribution in [0, 0.1) is 11.8 Å². The Morgan fingerprint density at radius 3 is 2.43 bits per heavy atom. The van der Waals surface area contributed by atoms with Crippen molar-refractivity contribution in [3.8, 4) is 0 Å². The van der Waals surface area contributed by atoms with Crippen molar-refractivity contribution in [1.82, 2.24) is 5.32 Å². The third-order valence-electron chi connectivity index (χ3n) is 6.07. The minimum absolute atomic E-state index is 0.0376. The summed E-state index contributed by atoms with van der Waals surface area (Å²) in [6.07, 6.45) is 6.02. The van der Waals surface area contributed by atoms with Gasteiger partial charge >= 0.3 is 5.97 Å². The lowest BCUT2D eigenvalue weighted by Crippen LogP contribution is -2.46. The number of ether oxygens (including phenoxy) is 1. The van der Waals surface area contributed by atoms with Gasteiger partial charge in [-0.15, -0.1) is 0 Å². The molecule has 2 bridgehead atoms. The summed E-state index contributed by atoms with van der Waals surface area (Å²) >= 11 is 0. The van der Waals surface area contributed by atoms with Crippen molar-refractivity contribution in [3.05, 3.63) is 35.9 Å². The molecule has 0 spiro atoms. The lowest BCUT2D eigenvalue weighted by atomic mass is 9.80. The van der Waals surface area contributed by atoms with Gasteiger partial charge in [0.2, 0.25) is 0 Å². The third-order valence-corrected chi connectivity index (χ3v) is 6.07. The molecule has 0 aromatic heterocycles. The first kappa shape index (κ1) is 15.2. The van der Waals surface area contributed by atoms with Gasteiger partial charge in [-0.2, -0.15) is 0 Å². The molecule has 0 amide bonds. The molecule has 4 atom stereocenters. The number of hydrogen-bond acceptors (Lipinski definition) is 4. The zero-order chi connectivity index (χ0) is 15.9. The van der Waals surface area contributed by atoms with E-state index in [0.717, 1.165) is 45.1 Å². The predicted molar refractivity (Wildman–Crippen MR) is 86.7 cm³/mol. The lowest BCUT2D eigenvalue weighted by molar-refractivity contribution is -0.180. The molecule has 23 heavy (non-hydrogen) atoms. The van der Waals surface area contributed by atoms with E-state index in [4.69, 9.17) is 4.74 Å². The van der Waals surface area contributed by atoms with E-state index in [0.29, 0.717) is 11.5 Å². The van der Waals surface area contributed by atoms with Gasteiger partial charge in [-0.3, -0.25) is 0 Å². The number of fused-ring (bicyclic) bond motifs is 2. The van der Waals surface area contributed by atoms with E-state index in [-0.39, 0.29) is 18.1 Å². The Morgan fingerprint density at radius 2 is 1.87 bits per heavy atom. The normalized spacial score (nSPS) is 32.8.